The van der Waals surface area contributed by atoms with E-state index < -0.39 is 0 Å². The van der Waals surface area contributed by atoms with Crippen LogP contribution in [0.4, 0.5) is 0 Å². The zero-order valence-corrected chi connectivity index (χ0v) is 13.5. The van der Waals surface area contributed by atoms with Crippen LogP contribution in [-0.2, 0) is 0 Å². The molecule has 0 saturated heterocycles. The highest BCUT2D eigenvalue weighted by atomic mass is 15.1. The maximum atomic E-state index is 2.56. The van der Waals surface area contributed by atoms with E-state index in [1.807, 2.05) is 0 Å². The fourth-order valence-corrected chi connectivity index (χ4v) is 3.09. The predicted molar refractivity (Wildman–Crippen MR) is 91.6 cm³/mol. The molecule has 0 bridgehead atoms. The van der Waals surface area contributed by atoms with Gasteiger partial charge in [-0.1, -0.05) is 81.4 Å². The molecule has 0 aromatic heterocycles. The van der Waals surface area contributed by atoms with Crippen LogP contribution in [0.15, 0.2) is 60.7 Å². The third kappa shape index (κ3) is 4.18. The summed E-state index contributed by atoms with van der Waals surface area (Å²) in [6, 6.07) is 22.3. The second-order valence-corrected chi connectivity index (χ2v) is 5.70. The van der Waals surface area contributed by atoms with Gasteiger partial charge in [-0.25, -0.2) is 0 Å². The van der Waals surface area contributed by atoms with Crippen molar-refractivity contribution >= 4 is 0 Å². The van der Waals surface area contributed by atoms with E-state index in [2.05, 4.69) is 86.3 Å². The summed E-state index contributed by atoms with van der Waals surface area (Å²) in [5.74, 6) is 0.567. The molecule has 2 aromatic rings. The summed E-state index contributed by atoms with van der Waals surface area (Å²) in [7, 11) is 0. The Hall–Kier alpha value is -1.60. The lowest BCUT2D eigenvalue weighted by atomic mass is 9.90. The molecule has 112 valence electrons. The fraction of sp³-hybridized carbons (Fsp3) is 0.400. The fourth-order valence-electron chi connectivity index (χ4n) is 3.09. The molecule has 21 heavy (non-hydrogen) atoms. The minimum Gasteiger partial charge on any atom is -0.297 e. The van der Waals surface area contributed by atoms with Gasteiger partial charge in [-0.2, -0.15) is 0 Å². The molecule has 0 aliphatic carbocycles. The third-order valence-corrected chi connectivity index (χ3v) is 4.38. The summed E-state index contributed by atoms with van der Waals surface area (Å²) in [6.45, 7) is 9.04. The zero-order chi connectivity index (χ0) is 15.1. The summed E-state index contributed by atoms with van der Waals surface area (Å²) in [4.78, 5) is 2.56. The average Bonchev–Trinajstić information content (AvgIpc) is 2.56. The van der Waals surface area contributed by atoms with Crippen LogP contribution >= 0.6 is 0 Å². The van der Waals surface area contributed by atoms with Crippen molar-refractivity contribution in [3.63, 3.8) is 0 Å². The molecule has 0 spiro atoms. The number of benzene rings is 2. The smallest absolute Gasteiger partial charge is 0.0353 e. The molecule has 1 nitrogen and oxygen atoms in total. The zero-order valence-electron chi connectivity index (χ0n) is 13.5. The van der Waals surface area contributed by atoms with Crippen molar-refractivity contribution in [3.8, 4) is 0 Å². The van der Waals surface area contributed by atoms with E-state index >= 15 is 0 Å². The molecular formula is C20H27N. The quantitative estimate of drug-likeness (QED) is 0.669. The van der Waals surface area contributed by atoms with Gasteiger partial charge in [0.05, 0.1) is 0 Å². The van der Waals surface area contributed by atoms with Gasteiger partial charge in [0, 0.05) is 6.04 Å². The Bertz CT molecular complexity index is 502. The molecule has 0 aliphatic heterocycles. The van der Waals surface area contributed by atoms with E-state index in [0.29, 0.717) is 12.0 Å². The van der Waals surface area contributed by atoms with Crippen LogP contribution in [0.2, 0.25) is 0 Å². The number of hydrogen-bond acceptors (Lipinski definition) is 1. The van der Waals surface area contributed by atoms with Crippen LogP contribution in [-0.4, -0.2) is 18.0 Å². The van der Waals surface area contributed by atoms with Crippen molar-refractivity contribution < 1.29 is 0 Å². The molecule has 0 N–H and O–H groups in total. The first-order valence-electron chi connectivity index (χ1n) is 8.10. The Labute approximate surface area is 129 Å². The van der Waals surface area contributed by atoms with Gasteiger partial charge < -0.3 is 0 Å². The van der Waals surface area contributed by atoms with Gasteiger partial charge in [0.15, 0.2) is 0 Å². The van der Waals surface area contributed by atoms with E-state index in [1.165, 1.54) is 11.1 Å². The normalized spacial score (nSPS) is 14.1. The molecule has 2 unspecified atom stereocenters. The van der Waals surface area contributed by atoms with Crippen LogP contribution in [0.1, 0.15) is 50.3 Å². The largest absolute Gasteiger partial charge is 0.297 e. The van der Waals surface area contributed by atoms with E-state index in [9.17, 15) is 0 Å². The molecular weight excluding hydrogens is 254 g/mol. The summed E-state index contributed by atoms with van der Waals surface area (Å²) >= 11 is 0. The van der Waals surface area contributed by atoms with Crippen LogP contribution in [0.3, 0.4) is 0 Å². The van der Waals surface area contributed by atoms with E-state index in [-0.39, 0.29) is 0 Å². The van der Waals surface area contributed by atoms with Gasteiger partial charge in [-0.3, -0.25) is 4.90 Å². The van der Waals surface area contributed by atoms with Crippen LogP contribution in [0, 0.1) is 0 Å². The Morgan fingerprint density at radius 3 is 1.71 bits per heavy atom. The Morgan fingerprint density at radius 2 is 1.24 bits per heavy atom. The maximum absolute atomic E-state index is 2.56. The van der Waals surface area contributed by atoms with E-state index in [4.69, 9.17) is 0 Å². The van der Waals surface area contributed by atoms with Gasteiger partial charge >= 0.3 is 0 Å². The lowest BCUT2D eigenvalue weighted by Gasteiger charge is -2.32. The molecule has 2 atom stereocenters. The lowest BCUT2D eigenvalue weighted by molar-refractivity contribution is 0.200. The standard InChI is InChI=1S/C20H27N/c1-4-21(5-2)20(19-14-10-7-11-15-19)16-17(3)18-12-8-6-9-13-18/h6-15,17,20H,4-5,16H2,1-3H3. The predicted octanol–water partition coefficient (Wildman–Crippen LogP) is 5.26. The van der Waals surface area contributed by atoms with Gasteiger partial charge in [0.25, 0.3) is 0 Å². The summed E-state index contributed by atoms with van der Waals surface area (Å²) in [5.41, 5.74) is 2.87. The minimum absolute atomic E-state index is 0.497. The van der Waals surface area contributed by atoms with E-state index in [1.54, 1.807) is 0 Å². The number of nitrogens with zero attached hydrogens (tertiary/aromatic N) is 1. The summed E-state index contributed by atoms with van der Waals surface area (Å²) in [6.07, 6.45) is 1.16. The van der Waals surface area contributed by atoms with Crippen molar-refractivity contribution in [3.05, 3.63) is 71.8 Å². The average molecular weight is 281 g/mol. The van der Waals surface area contributed by atoms with Gasteiger partial charge in [-0.15, -0.1) is 0 Å². The first-order chi connectivity index (χ1) is 10.3. The monoisotopic (exact) mass is 281 g/mol. The van der Waals surface area contributed by atoms with Crippen LogP contribution in [0.25, 0.3) is 0 Å². The van der Waals surface area contributed by atoms with Crippen molar-refractivity contribution in [2.75, 3.05) is 13.1 Å². The molecule has 2 rings (SSSR count). The highest BCUT2D eigenvalue weighted by Crippen LogP contribution is 2.32. The minimum atomic E-state index is 0.497. The van der Waals surface area contributed by atoms with Crippen molar-refractivity contribution in [1.82, 2.24) is 4.90 Å². The molecule has 1 heteroatoms. The third-order valence-electron chi connectivity index (χ3n) is 4.38. The first-order valence-corrected chi connectivity index (χ1v) is 8.10. The second kappa shape index (κ2) is 7.99. The molecule has 0 saturated carbocycles. The SMILES string of the molecule is CCN(CC)C(CC(C)c1ccccc1)c1ccccc1. The van der Waals surface area contributed by atoms with Gasteiger partial charge in [0.1, 0.15) is 0 Å². The Morgan fingerprint density at radius 1 is 0.762 bits per heavy atom. The second-order valence-electron chi connectivity index (χ2n) is 5.70. The van der Waals surface area contributed by atoms with Crippen LogP contribution < -0.4 is 0 Å². The molecule has 0 amide bonds. The Balaban J connectivity index is 2.20. The van der Waals surface area contributed by atoms with Crippen LogP contribution in [0.5, 0.6) is 0 Å². The van der Waals surface area contributed by atoms with Gasteiger partial charge in [0.2, 0.25) is 0 Å². The summed E-state index contributed by atoms with van der Waals surface area (Å²) in [5, 5.41) is 0. The number of hydrogen-bond donors (Lipinski definition) is 0. The first kappa shape index (κ1) is 15.8. The van der Waals surface area contributed by atoms with Gasteiger partial charge in [-0.05, 0) is 36.6 Å². The molecule has 0 aliphatic rings. The maximum Gasteiger partial charge on any atom is 0.0353 e. The van der Waals surface area contributed by atoms with Crippen molar-refractivity contribution in [1.29, 1.82) is 0 Å². The molecule has 0 fully saturated rings. The van der Waals surface area contributed by atoms with Crippen molar-refractivity contribution in [2.45, 2.75) is 39.2 Å². The topological polar surface area (TPSA) is 3.24 Å². The molecule has 0 radical (unpaired) electrons. The number of rotatable bonds is 7. The van der Waals surface area contributed by atoms with Crippen molar-refractivity contribution in [2.24, 2.45) is 0 Å². The highest BCUT2D eigenvalue weighted by Gasteiger charge is 2.21. The molecule has 2 aromatic carbocycles. The Kier molecular flexibility index (Phi) is 6.01. The lowest BCUT2D eigenvalue weighted by Crippen LogP contribution is -2.29. The highest BCUT2D eigenvalue weighted by molar-refractivity contribution is 5.23. The summed E-state index contributed by atoms with van der Waals surface area (Å²) < 4.78 is 0. The molecule has 0 heterocycles. The van der Waals surface area contributed by atoms with E-state index in [0.717, 1.165) is 19.5 Å².